The lowest BCUT2D eigenvalue weighted by Gasteiger charge is -2.21. The summed E-state index contributed by atoms with van der Waals surface area (Å²) in [6.07, 6.45) is 2.22. The van der Waals surface area contributed by atoms with Gasteiger partial charge in [-0.2, -0.15) is 0 Å². The van der Waals surface area contributed by atoms with E-state index in [1.807, 2.05) is 12.1 Å². The molecule has 2 heteroatoms. The highest BCUT2D eigenvalue weighted by Crippen LogP contribution is 2.32. The second-order valence-corrected chi connectivity index (χ2v) is 5.54. The lowest BCUT2D eigenvalue weighted by molar-refractivity contribution is 0.611. The van der Waals surface area contributed by atoms with Gasteiger partial charge in [0.15, 0.2) is 0 Å². The summed E-state index contributed by atoms with van der Waals surface area (Å²) < 4.78 is 0. The van der Waals surface area contributed by atoms with Crippen molar-refractivity contribution in [2.24, 2.45) is 0 Å². The maximum absolute atomic E-state index is 6.18. The van der Waals surface area contributed by atoms with Gasteiger partial charge in [-0.3, -0.25) is 0 Å². The summed E-state index contributed by atoms with van der Waals surface area (Å²) in [7, 11) is 0. The summed E-state index contributed by atoms with van der Waals surface area (Å²) in [6, 6.07) is 18.8. The van der Waals surface area contributed by atoms with E-state index in [0.29, 0.717) is 0 Å². The Bertz CT molecular complexity index is 608. The topological polar surface area (TPSA) is 12.0 Å². The highest BCUT2D eigenvalue weighted by Gasteiger charge is 2.14. The molecule has 1 N–H and O–H groups in total. The van der Waals surface area contributed by atoms with E-state index in [1.165, 1.54) is 22.3 Å². The van der Waals surface area contributed by atoms with E-state index < -0.39 is 0 Å². The van der Waals surface area contributed by atoms with Gasteiger partial charge in [0.2, 0.25) is 0 Å². The van der Waals surface area contributed by atoms with E-state index in [2.05, 4.69) is 47.8 Å². The summed E-state index contributed by atoms with van der Waals surface area (Å²) in [4.78, 5) is 0. The number of piperidine rings is 1. The van der Waals surface area contributed by atoms with Gasteiger partial charge in [0, 0.05) is 5.02 Å². The molecule has 0 saturated carbocycles. The van der Waals surface area contributed by atoms with Crippen molar-refractivity contribution in [2.45, 2.75) is 12.8 Å². The monoisotopic (exact) mass is 283 g/mol. The fraction of sp³-hybridized carbons (Fsp3) is 0.222. The number of hydrogen-bond acceptors (Lipinski definition) is 1. The van der Waals surface area contributed by atoms with Crippen LogP contribution < -0.4 is 5.32 Å². The molecule has 0 radical (unpaired) electrons. The average molecular weight is 284 g/mol. The second kappa shape index (κ2) is 6.25. The zero-order valence-corrected chi connectivity index (χ0v) is 12.2. The largest absolute Gasteiger partial charge is 0.316 e. The number of nitrogens with one attached hydrogen (secondary N) is 1. The third kappa shape index (κ3) is 2.95. The molecule has 0 atom stereocenters. The van der Waals surface area contributed by atoms with Crippen molar-refractivity contribution < 1.29 is 0 Å². The molecular weight excluding hydrogens is 266 g/mol. The smallest absolute Gasteiger partial charge is 0.0412 e. The van der Waals surface area contributed by atoms with Gasteiger partial charge < -0.3 is 5.32 Å². The van der Waals surface area contributed by atoms with E-state index in [4.69, 9.17) is 11.6 Å². The fourth-order valence-electron chi connectivity index (χ4n) is 2.80. The minimum absolute atomic E-state index is 0.797. The van der Waals surface area contributed by atoms with Crippen molar-refractivity contribution in [3.05, 3.63) is 76.3 Å². The maximum atomic E-state index is 6.18. The van der Waals surface area contributed by atoms with Crippen LogP contribution in [0.2, 0.25) is 5.02 Å². The van der Waals surface area contributed by atoms with Crippen LogP contribution in [-0.4, -0.2) is 13.1 Å². The van der Waals surface area contributed by atoms with Crippen LogP contribution in [-0.2, 0) is 0 Å². The fourth-order valence-corrected chi connectivity index (χ4v) is 2.99. The predicted octanol–water partition coefficient (Wildman–Crippen LogP) is 4.53. The summed E-state index contributed by atoms with van der Waals surface area (Å²) in [5.41, 5.74) is 5.39. The molecule has 1 saturated heterocycles. The molecular formula is C18H18ClN. The number of hydrogen-bond donors (Lipinski definition) is 1. The van der Waals surface area contributed by atoms with Crippen LogP contribution in [0.4, 0.5) is 0 Å². The summed E-state index contributed by atoms with van der Waals surface area (Å²) in [5, 5.41) is 4.22. The molecule has 2 aromatic rings. The van der Waals surface area contributed by atoms with Gasteiger partial charge in [0.05, 0.1) is 0 Å². The standard InChI is InChI=1S/C18H18ClN/c19-17-8-4-7-16(13-17)18(14-5-2-1-3-6-14)15-9-11-20-12-10-15/h1-8,13,20H,9-12H2. The van der Waals surface area contributed by atoms with Gasteiger partial charge in [-0.05, 0) is 54.8 Å². The van der Waals surface area contributed by atoms with Crippen molar-refractivity contribution in [1.82, 2.24) is 5.32 Å². The van der Waals surface area contributed by atoms with Crippen molar-refractivity contribution in [1.29, 1.82) is 0 Å². The zero-order chi connectivity index (χ0) is 13.8. The molecule has 20 heavy (non-hydrogen) atoms. The van der Waals surface area contributed by atoms with Crippen LogP contribution in [0.3, 0.4) is 0 Å². The third-order valence-corrected chi connectivity index (χ3v) is 3.97. The van der Waals surface area contributed by atoms with Crippen LogP contribution in [0.5, 0.6) is 0 Å². The Balaban J connectivity index is 2.13. The third-order valence-electron chi connectivity index (χ3n) is 3.74. The molecule has 1 aliphatic heterocycles. The molecule has 1 aliphatic rings. The van der Waals surface area contributed by atoms with Gasteiger partial charge in [0.1, 0.15) is 0 Å². The van der Waals surface area contributed by atoms with Crippen LogP contribution >= 0.6 is 11.6 Å². The summed E-state index contributed by atoms with van der Waals surface area (Å²) >= 11 is 6.18. The molecule has 102 valence electrons. The lowest BCUT2D eigenvalue weighted by atomic mass is 9.89. The van der Waals surface area contributed by atoms with Crippen LogP contribution in [0.25, 0.3) is 5.57 Å². The first kappa shape index (κ1) is 13.4. The first-order valence-corrected chi connectivity index (χ1v) is 7.46. The van der Waals surface area contributed by atoms with Crippen LogP contribution in [0.15, 0.2) is 60.2 Å². The van der Waals surface area contributed by atoms with Crippen molar-refractivity contribution in [2.75, 3.05) is 13.1 Å². The van der Waals surface area contributed by atoms with Gasteiger partial charge in [-0.25, -0.2) is 0 Å². The molecule has 0 aliphatic carbocycles. The Labute approximate surface area is 125 Å². The van der Waals surface area contributed by atoms with E-state index in [9.17, 15) is 0 Å². The molecule has 0 aromatic heterocycles. The Hall–Kier alpha value is -1.57. The Kier molecular flexibility index (Phi) is 4.19. The molecule has 0 unspecified atom stereocenters. The lowest BCUT2D eigenvalue weighted by Crippen LogP contribution is -2.23. The molecule has 3 rings (SSSR count). The van der Waals surface area contributed by atoms with Gasteiger partial charge >= 0.3 is 0 Å². The van der Waals surface area contributed by atoms with Crippen LogP contribution in [0, 0.1) is 0 Å². The number of rotatable bonds is 2. The first-order chi connectivity index (χ1) is 9.84. The average Bonchev–Trinajstić information content (AvgIpc) is 2.50. The first-order valence-electron chi connectivity index (χ1n) is 7.09. The summed E-state index contributed by atoms with van der Waals surface area (Å²) in [6.45, 7) is 2.12. The summed E-state index contributed by atoms with van der Waals surface area (Å²) in [5.74, 6) is 0. The van der Waals surface area contributed by atoms with Crippen molar-refractivity contribution in [3.8, 4) is 0 Å². The predicted molar refractivity (Wildman–Crippen MR) is 86.0 cm³/mol. The minimum Gasteiger partial charge on any atom is -0.316 e. The number of halogens is 1. The van der Waals surface area contributed by atoms with Gasteiger partial charge in [0.25, 0.3) is 0 Å². The van der Waals surface area contributed by atoms with Crippen molar-refractivity contribution >= 4 is 17.2 Å². The molecule has 2 aromatic carbocycles. The van der Waals surface area contributed by atoms with Gasteiger partial charge in [-0.1, -0.05) is 59.6 Å². The van der Waals surface area contributed by atoms with E-state index in [0.717, 1.165) is 31.0 Å². The molecule has 0 spiro atoms. The van der Waals surface area contributed by atoms with E-state index in [1.54, 1.807) is 0 Å². The van der Waals surface area contributed by atoms with Crippen molar-refractivity contribution in [3.63, 3.8) is 0 Å². The second-order valence-electron chi connectivity index (χ2n) is 5.10. The van der Waals surface area contributed by atoms with E-state index in [-0.39, 0.29) is 0 Å². The Morgan fingerprint density at radius 1 is 0.850 bits per heavy atom. The van der Waals surface area contributed by atoms with Crippen LogP contribution in [0.1, 0.15) is 24.0 Å². The maximum Gasteiger partial charge on any atom is 0.0412 e. The quantitative estimate of drug-likeness (QED) is 0.854. The van der Waals surface area contributed by atoms with E-state index >= 15 is 0 Å². The highest BCUT2D eigenvalue weighted by molar-refractivity contribution is 6.30. The Morgan fingerprint density at radius 2 is 1.55 bits per heavy atom. The minimum atomic E-state index is 0.797. The molecule has 1 heterocycles. The van der Waals surface area contributed by atoms with Gasteiger partial charge in [-0.15, -0.1) is 0 Å². The molecule has 1 nitrogen and oxygen atoms in total. The Morgan fingerprint density at radius 3 is 2.25 bits per heavy atom. The number of benzene rings is 2. The molecule has 0 bridgehead atoms. The zero-order valence-electron chi connectivity index (χ0n) is 11.4. The molecule has 0 amide bonds. The normalized spacial score (nSPS) is 15.2. The molecule has 1 fully saturated rings. The SMILES string of the molecule is Clc1cccc(C(=C2CCNCC2)c2ccccc2)c1. The highest BCUT2D eigenvalue weighted by atomic mass is 35.5.